The van der Waals surface area contributed by atoms with Gasteiger partial charge < -0.3 is 15.0 Å². The van der Waals surface area contributed by atoms with E-state index in [1.54, 1.807) is 12.1 Å². The van der Waals surface area contributed by atoms with Crippen molar-refractivity contribution in [2.24, 2.45) is 0 Å². The first-order valence-electron chi connectivity index (χ1n) is 6.86. The molecule has 126 valence electrons. The first-order chi connectivity index (χ1) is 10.8. The fourth-order valence-corrected chi connectivity index (χ4v) is 3.00. The Morgan fingerprint density at radius 1 is 1.22 bits per heavy atom. The summed E-state index contributed by atoms with van der Waals surface area (Å²) < 4.78 is 28.7. The summed E-state index contributed by atoms with van der Waals surface area (Å²) in [7, 11) is -2.04. The standard InChI is InChI=1S/C13H18N4O5S/c1-22-13(19)12(18)15-10-3-4-11(14-9-10)16-5-7-17(8-6-16)23(2,20)21/h3-4,9H,5-8H2,1-2H3,(H,15,18). The van der Waals surface area contributed by atoms with Crippen LogP contribution in [0.2, 0.25) is 0 Å². The minimum Gasteiger partial charge on any atom is -0.462 e. The maximum Gasteiger partial charge on any atom is 0.396 e. The topological polar surface area (TPSA) is 109 Å². The van der Waals surface area contributed by atoms with Crippen molar-refractivity contribution >= 4 is 33.4 Å². The van der Waals surface area contributed by atoms with Gasteiger partial charge in [0.05, 0.1) is 25.2 Å². The molecule has 2 heterocycles. The maximum absolute atomic E-state index is 11.5. The molecule has 1 amide bonds. The summed E-state index contributed by atoms with van der Waals surface area (Å²) in [6.07, 6.45) is 2.62. The van der Waals surface area contributed by atoms with Gasteiger partial charge in [-0.1, -0.05) is 0 Å². The van der Waals surface area contributed by atoms with Crippen LogP contribution < -0.4 is 10.2 Å². The first kappa shape index (κ1) is 17.2. The lowest BCUT2D eigenvalue weighted by Gasteiger charge is -2.33. The number of amides is 1. The SMILES string of the molecule is COC(=O)C(=O)Nc1ccc(N2CCN(S(C)(=O)=O)CC2)nc1. The van der Waals surface area contributed by atoms with Crippen molar-refractivity contribution in [1.29, 1.82) is 0 Å². The summed E-state index contributed by atoms with van der Waals surface area (Å²) in [6.45, 7) is 1.88. The molecule has 1 fully saturated rings. The number of esters is 1. The van der Waals surface area contributed by atoms with Crippen LogP contribution in [0.15, 0.2) is 18.3 Å². The first-order valence-corrected chi connectivity index (χ1v) is 8.71. The van der Waals surface area contributed by atoms with Crippen molar-refractivity contribution in [3.8, 4) is 0 Å². The van der Waals surface area contributed by atoms with Crippen LogP contribution in [0, 0.1) is 0 Å². The molecule has 1 N–H and O–H groups in total. The second kappa shape index (κ2) is 6.92. The van der Waals surface area contributed by atoms with Gasteiger partial charge in [0, 0.05) is 26.2 Å². The Hall–Kier alpha value is -2.20. The van der Waals surface area contributed by atoms with E-state index in [0.717, 1.165) is 7.11 Å². The summed E-state index contributed by atoms with van der Waals surface area (Å²) in [4.78, 5) is 28.6. The Labute approximate surface area is 134 Å². The third kappa shape index (κ3) is 4.39. The molecule has 0 aliphatic carbocycles. The third-order valence-electron chi connectivity index (χ3n) is 3.41. The van der Waals surface area contributed by atoms with Gasteiger partial charge in [0.25, 0.3) is 0 Å². The van der Waals surface area contributed by atoms with Crippen LogP contribution >= 0.6 is 0 Å². The zero-order valence-corrected chi connectivity index (χ0v) is 13.7. The number of ether oxygens (including phenoxy) is 1. The molecule has 0 spiro atoms. The number of pyridine rings is 1. The number of hydrogen-bond acceptors (Lipinski definition) is 7. The minimum atomic E-state index is -3.17. The Morgan fingerprint density at radius 3 is 2.35 bits per heavy atom. The number of aromatic nitrogens is 1. The number of carbonyl (C=O) groups excluding carboxylic acids is 2. The van der Waals surface area contributed by atoms with E-state index in [1.165, 1.54) is 16.8 Å². The van der Waals surface area contributed by atoms with Crippen LogP contribution in [0.3, 0.4) is 0 Å². The molecule has 23 heavy (non-hydrogen) atoms. The second-order valence-corrected chi connectivity index (χ2v) is 6.98. The molecular weight excluding hydrogens is 324 g/mol. The molecule has 0 aromatic carbocycles. The maximum atomic E-state index is 11.5. The van der Waals surface area contributed by atoms with E-state index in [4.69, 9.17) is 0 Å². The van der Waals surface area contributed by atoms with Gasteiger partial charge in [-0.05, 0) is 12.1 Å². The fourth-order valence-electron chi connectivity index (χ4n) is 2.17. The number of anilines is 2. The highest BCUT2D eigenvalue weighted by Gasteiger charge is 2.24. The molecule has 1 saturated heterocycles. The number of nitrogens with one attached hydrogen (secondary N) is 1. The van der Waals surface area contributed by atoms with Crippen molar-refractivity contribution in [3.05, 3.63) is 18.3 Å². The molecule has 1 aliphatic rings. The summed E-state index contributed by atoms with van der Waals surface area (Å²) in [5, 5.41) is 2.37. The Bertz CT molecular complexity index is 681. The molecule has 1 aromatic rings. The summed E-state index contributed by atoms with van der Waals surface area (Å²) >= 11 is 0. The van der Waals surface area contributed by atoms with Gasteiger partial charge in [0.2, 0.25) is 10.0 Å². The van der Waals surface area contributed by atoms with Crippen LogP contribution in [-0.4, -0.2) is 69.1 Å². The van der Waals surface area contributed by atoms with Gasteiger partial charge in [0.15, 0.2) is 0 Å². The lowest BCUT2D eigenvalue weighted by Crippen LogP contribution is -2.48. The van der Waals surface area contributed by atoms with Crippen LogP contribution in [0.1, 0.15) is 0 Å². The second-order valence-electron chi connectivity index (χ2n) is 5.00. The zero-order chi connectivity index (χ0) is 17.0. The van der Waals surface area contributed by atoms with Crippen molar-refractivity contribution in [2.45, 2.75) is 0 Å². The molecule has 10 heteroatoms. The normalized spacial score (nSPS) is 16.0. The van der Waals surface area contributed by atoms with E-state index in [0.29, 0.717) is 37.7 Å². The van der Waals surface area contributed by atoms with Crippen molar-refractivity contribution < 1.29 is 22.7 Å². The summed E-state index contributed by atoms with van der Waals surface area (Å²) in [6, 6.07) is 3.31. The van der Waals surface area contributed by atoms with Gasteiger partial charge in [0.1, 0.15) is 5.82 Å². The average molecular weight is 342 g/mol. The Balaban J connectivity index is 1.96. The number of methoxy groups -OCH3 is 1. The number of piperazine rings is 1. The predicted molar refractivity (Wildman–Crippen MR) is 83.5 cm³/mol. The van der Waals surface area contributed by atoms with Gasteiger partial charge >= 0.3 is 11.9 Å². The smallest absolute Gasteiger partial charge is 0.396 e. The average Bonchev–Trinajstić information content (AvgIpc) is 2.54. The summed E-state index contributed by atoms with van der Waals surface area (Å²) in [5.74, 6) is -1.18. The van der Waals surface area contributed by atoms with E-state index < -0.39 is 21.9 Å². The Kier molecular flexibility index (Phi) is 5.16. The van der Waals surface area contributed by atoms with E-state index in [9.17, 15) is 18.0 Å². The molecule has 0 saturated carbocycles. The van der Waals surface area contributed by atoms with Crippen molar-refractivity contribution in [2.75, 3.05) is 49.8 Å². The molecule has 0 bridgehead atoms. The van der Waals surface area contributed by atoms with Crippen LogP contribution in [0.25, 0.3) is 0 Å². The van der Waals surface area contributed by atoms with Gasteiger partial charge in [-0.15, -0.1) is 0 Å². The molecule has 0 atom stereocenters. The monoisotopic (exact) mass is 342 g/mol. The van der Waals surface area contributed by atoms with Crippen LogP contribution in [0.5, 0.6) is 0 Å². The van der Waals surface area contributed by atoms with E-state index in [1.807, 2.05) is 4.90 Å². The van der Waals surface area contributed by atoms with Gasteiger partial charge in [-0.25, -0.2) is 18.2 Å². The highest BCUT2D eigenvalue weighted by atomic mass is 32.2. The van der Waals surface area contributed by atoms with Crippen molar-refractivity contribution in [3.63, 3.8) is 0 Å². The lowest BCUT2D eigenvalue weighted by atomic mass is 10.3. The molecule has 1 aliphatic heterocycles. The molecule has 2 rings (SSSR count). The van der Waals surface area contributed by atoms with Gasteiger partial charge in [-0.3, -0.25) is 4.79 Å². The molecular formula is C13H18N4O5S. The van der Waals surface area contributed by atoms with Crippen LogP contribution in [0.4, 0.5) is 11.5 Å². The summed E-state index contributed by atoms with van der Waals surface area (Å²) in [5.41, 5.74) is 0.374. The van der Waals surface area contributed by atoms with Gasteiger partial charge in [-0.2, -0.15) is 4.31 Å². The Morgan fingerprint density at radius 2 is 1.87 bits per heavy atom. The molecule has 9 nitrogen and oxygen atoms in total. The van der Waals surface area contributed by atoms with Crippen molar-refractivity contribution in [1.82, 2.24) is 9.29 Å². The fraction of sp³-hybridized carbons (Fsp3) is 0.462. The largest absolute Gasteiger partial charge is 0.462 e. The minimum absolute atomic E-state index is 0.374. The number of rotatable bonds is 3. The lowest BCUT2D eigenvalue weighted by molar-refractivity contribution is -0.150. The number of sulfonamides is 1. The highest BCUT2D eigenvalue weighted by molar-refractivity contribution is 7.88. The predicted octanol–water partition coefficient (Wildman–Crippen LogP) is -0.725. The van der Waals surface area contributed by atoms with E-state index >= 15 is 0 Å². The quantitative estimate of drug-likeness (QED) is 0.570. The highest BCUT2D eigenvalue weighted by Crippen LogP contribution is 2.17. The van der Waals surface area contributed by atoms with E-state index in [-0.39, 0.29) is 0 Å². The number of hydrogen-bond donors (Lipinski definition) is 1. The molecule has 0 radical (unpaired) electrons. The number of carbonyl (C=O) groups is 2. The molecule has 0 unspecified atom stereocenters. The third-order valence-corrected chi connectivity index (χ3v) is 4.71. The molecule has 1 aromatic heterocycles. The number of nitrogens with zero attached hydrogens (tertiary/aromatic N) is 3. The van der Waals surface area contributed by atoms with E-state index in [2.05, 4.69) is 15.0 Å². The zero-order valence-electron chi connectivity index (χ0n) is 12.9. The van der Waals surface area contributed by atoms with Crippen LogP contribution in [-0.2, 0) is 24.3 Å².